The highest BCUT2D eigenvalue weighted by Crippen LogP contribution is 2.11. The van der Waals surface area contributed by atoms with Gasteiger partial charge in [0.05, 0.1) is 12.7 Å². The van der Waals surface area contributed by atoms with Crippen LogP contribution in [0, 0.1) is 0 Å². The van der Waals surface area contributed by atoms with Crippen molar-refractivity contribution in [3.05, 3.63) is 18.0 Å². The number of aliphatic hydroxyl groups is 1. The summed E-state index contributed by atoms with van der Waals surface area (Å²) in [6, 6.07) is 1.20. The van der Waals surface area contributed by atoms with Crippen LogP contribution in [0.15, 0.2) is 17.2 Å². The van der Waals surface area contributed by atoms with E-state index in [1.165, 1.54) is 23.9 Å². The molecular formula is C11H19N3O5S. The molecule has 0 saturated heterocycles. The number of methoxy groups -OCH3 is 1. The number of aromatic nitrogens is 1. The standard InChI is InChI=1S/C11H19N3O5S/c1-14-6-9(20(12,17)18)5-10(14)11(16)13-4-3-8(15)7-19-2/h5-6,8,15H,3-4,7H2,1-2H3,(H,13,16)(H2,12,17,18). The van der Waals surface area contributed by atoms with E-state index in [0.717, 1.165) is 0 Å². The summed E-state index contributed by atoms with van der Waals surface area (Å²) in [6.45, 7) is 0.439. The first kappa shape index (κ1) is 16.6. The van der Waals surface area contributed by atoms with Gasteiger partial charge in [0.15, 0.2) is 0 Å². The molecule has 1 rings (SSSR count). The van der Waals surface area contributed by atoms with Gasteiger partial charge in [-0.1, -0.05) is 0 Å². The molecule has 0 aliphatic heterocycles. The number of nitrogens with one attached hydrogen (secondary N) is 1. The van der Waals surface area contributed by atoms with Gasteiger partial charge >= 0.3 is 0 Å². The van der Waals surface area contributed by atoms with Crippen molar-refractivity contribution in [2.75, 3.05) is 20.3 Å². The number of nitrogens with two attached hydrogens (primary N) is 1. The first-order valence-corrected chi connectivity index (χ1v) is 7.44. The maximum Gasteiger partial charge on any atom is 0.267 e. The van der Waals surface area contributed by atoms with E-state index in [4.69, 9.17) is 9.88 Å². The molecule has 0 fully saturated rings. The van der Waals surface area contributed by atoms with Gasteiger partial charge in [0, 0.05) is 26.9 Å². The summed E-state index contributed by atoms with van der Waals surface area (Å²) >= 11 is 0. The van der Waals surface area contributed by atoms with Crippen LogP contribution in [0.25, 0.3) is 0 Å². The van der Waals surface area contributed by atoms with Crippen LogP contribution in [0.1, 0.15) is 16.9 Å². The number of carbonyl (C=O) groups is 1. The fraction of sp³-hybridized carbons (Fsp3) is 0.545. The molecule has 0 saturated carbocycles. The molecule has 20 heavy (non-hydrogen) atoms. The SMILES string of the molecule is COCC(O)CCNC(=O)c1cc(S(N)(=O)=O)cn1C. The van der Waals surface area contributed by atoms with E-state index in [9.17, 15) is 18.3 Å². The predicted molar refractivity (Wildman–Crippen MR) is 71.6 cm³/mol. The second kappa shape index (κ2) is 6.84. The van der Waals surface area contributed by atoms with Crippen molar-refractivity contribution < 1.29 is 23.1 Å². The van der Waals surface area contributed by atoms with Crippen LogP contribution >= 0.6 is 0 Å². The molecule has 0 radical (unpaired) electrons. The zero-order valence-corrected chi connectivity index (χ0v) is 12.2. The number of aryl methyl sites for hydroxylation is 1. The van der Waals surface area contributed by atoms with Crippen molar-refractivity contribution in [3.8, 4) is 0 Å². The first-order valence-electron chi connectivity index (χ1n) is 5.90. The fourth-order valence-electron chi connectivity index (χ4n) is 1.63. The van der Waals surface area contributed by atoms with E-state index in [2.05, 4.69) is 5.32 Å². The van der Waals surface area contributed by atoms with Crippen molar-refractivity contribution in [2.24, 2.45) is 12.2 Å². The molecule has 9 heteroatoms. The van der Waals surface area contributed by atoms with Crippen LogP contribution in [-0.4, -0.2) is 50.4 Å². The minimum Gasteiger partial charge on any atom is -0.391 e. The first-order chi connectivity index (χ1) is 9.25. The number of primary sulfonamides is 1. The Hall–Kier alpha value is -1.42. The highest BCUT2D eigenvalue weighted by atomic mass is 32.2. The molecule has 0 aliphatic rings. The number of nitrogens with zero attached hydrogens (tertiary/aromatic N) is 1. The van der Waals surface area contributed by atoms with Crippen molar-refractivity contribution in [1.29, 1.82) is 0 Å². The molecular weight excluding hydrogens is 286 g/mol. The number of amides is 1. The molecule has 1 amide bonds. The lowest BCUT2D eigenvalue weighted by Gasteiger charge is -2.10. The molecule has 1 heterocycles. The number of hydrogen-bond donors (Lipinski definition) is 3. The number of ether oxygens (including phenoxy) is 1. The number of carbonyl (C=O) groups excluding carboxylic acids is 1. The van der Waals surface area contributed by atoms with Crippen molar-refractivity contribution >= 4 is 15.9 Å². The average Bonchev–Trinajstić information content (AvgIpc) is 2.71. The number of hydrogen-bond acceptors (Lipinski definition) is 5. The third kappa shape index (κ3) is 4.60. The minimum absolute atomic E-state index is 0.121. The molecule has 1 unspecified atom stereocenters. The average molecular weight is 305 g/mol. The van der Waals surface area contributed by atoms with Crippen LogP contribution in [0.2, 0.25) is 0 Å². The third-order valence-corrected chi connectivity index (χ3v) is 3.54. The second-order valence-corrected chi connectivity index (χ2v) is 5.93. The van der Waals surface area contributed by atoms with E-state index in [1.807, 2.05) is 0 Å². The second-order valence-electron chi connectivity index (χ2n) is 4.37. The number of rotatable bonds is 7. The Labute approximate surface area is 117 Å². The summed E-state index contributed by atoms with van der Waals surface area (Å²) in [5, 5.41) is 17.0. The Morgan fingerprint density at radius 1 is 1.60 bits per heavy atom. The van der Waals surface area contributed by atoms with Gasteiger partial charge in [-0.25, -0.2) is 13.6 Å². The predicted octanol–water partition coefficient (Wildman–Crippen LogP) is -1.20. The molecule has 1 atom stereocenters. The monoisotopic (exact) mass is 305 g/mol. The zero-order valence-electron chi connectivity index (χ0n) is 11.4. The van der Waals surface area contributed by atoms with E-state index in [1.54, 1.807) is 7.05 Å². The number of aliphatic hydroxyl groups excluding tert-OH is 1. The highest BCUT2D eigenvalue weighted by molar-refractivity contribution is 7.89. The summed E-state index contributed by atoms with van der Waals surface area (Å²) < 4.78 is 28.5. The Bertz CT molecular complexity index is 567. The van der Waals surface area contributed by atoms with Gasteiger partial charge in [-0.3, -0.25) is 4.79 Å². The third-order valence-electron chi connectivity index (χ3n) is 2.66. The molecule has 0 spiro atoms. The van der Waals surface area contributed by atoms with E-state index in [-0.39, 0.29) is 23.7 Å². The zero-order chi connectivity index (χ0) is 15.3. The lowest BCUT2D eigenvalue weighted by molar-refractivity contribution is 0.0587. The van der Waals surface area contributed by atoms with Gasteiger partial charge in [0.2, 0.25) is 10.0 Å². The fourth-order valence-corrected chi connectivity index (χ4v) is 2.22. The quantitative estimate of drug-likeness (QED) is 0.584. The van der Waals surface area contributed by atoms with Gasteiger partial charge in [0.1, 0.15) is 10.6 Å². The van der Waals surface area contributed by atoms with Crippen LogP contribution < -0.4 is 10.5 Å². The molecule has 0 aromatic carbocycles. The lowest BCUT2D eigenvalue weighted by Crippen LogP contribution is -2.29. The molecule has 0 bridgehead atoms. The topological polar surface area (TPSA) is 124 Å². The van der Waals surface area contributed by atoms with Gasteiger partial charge in [-0.2, -0.15) is 0 Å². The van der Waals surface area contributed by atoms with Crippen LogP contribution in [0.4, 0.5) is 0 Å². The Morgan fingerprint density at radius 2 is 2.25 bits per heavy atom. The summed E-state index contributed by atoms with van der Waals surface area (Å²) in [5.74, 6) is -0.438. The Kier molecular flexibility index (Phi) is 5.69. The molecule has 1 aromatic heterocycles. The van der Waals surface area contributed by atoms with Crippen LogP contribution in [-0.2, 0) is 21.8 Å². The van der Waals surface area contributed by atoms with Crippen LogP contribution in [0.5, 0.6) is 0 Å². The molecule has 1 aromatic rings. The van der Waals surface area contributed by atoms with Crippen molar-refractivity contribution in [2.45, 2.75) is 17.4 Å². The largest absolute Gasteiger partial charge is 0.391 e. The maximum atomic E-state index is 11.9. The lowest BCUT2D eigenvalue weighted by atomic mass is 10.2. The molecule has 8 nitrogen and oxygen atoms in total. The summed E-state index contributed by atoms with van der Waals surface area (Å²) in [6.07, 6.45) is 0.949. The number of sulfonamides is 1. The summed E-state index contributed by atoms with van der Waals surface area (Å²) in [5.41, 5.74) is 0.176. The van der Waals surface area contributed by atoms with E-state index >= 15 is 0 Å². The molecule has 4 N–H and O–H groups in total. The maximum absolute atomic E-state index is 11.9. The minimum atomic E-state index is -3.84. The molecule has 0 aliphatic carbocycles. The Balaban J connectivity index is 2.63. The summed E-state index contributed by atoms with van der Waals surface area (Å²) in [4.78, 5) is 11.7. The highest BCUT2D eigenvalue weighted by Gasteiger charge is 2.17. The normalized spacial score (nSPS) is 13.2. The Morgan fingerprint density at radius 3 is 2.75 bits per heavy atom. The van der Waals surface area contributed by atoms with Crippen molar-refractivity contribution in [3.63, 3.8) is 0 Å². The summed E-state index contributed by atoms with van der Waals surface area (Å²) in [7, 11) is -0.819. The van der Waals surface area contributed by atoms with Gasteiger partial charge in [-0.15, -0.1) is 0 Å². The van der Waals surface area contributed by atoms with Crippen molar-refractivity contribution in [1.82, 2.24) is 9.88 Å². The van der Waals surface area contributed by atoms with Gasteiger partial charge in [-0.05, 0) is 12.5 Å². The molecule has 114 valence electrons. The van der Waals surface area contributed by atoms with Crippen LogP contribution in [0.3, 0.4) is 0 Å². The van der Waals surface area contributed by atoms with Gasteiger partial charge < -0.3 is 19.7 Å². The smallest absolute Gasteiger partial charge is 0.267 e. The van der Waals surface area contributed by atoms with Gasteiger partial charge in [0.25, 0.3) is 5.91 Å². The van der Waals surface area contributed by atoms with E-state index in [0.29, 0.717) is 6.42 Å². The van der Waals surface area contributed by atoms with E-state index < -0.39 is 22.0 Å².